The minimum Gasteiger partial charge on any atom is -0.469 e. The number of esters is 1. The molecule has 1 heterocycles. The number of aromatic amines is 1. The maximum absolute atomic E-state index is 13.2. The summed E-state index contributed by atoms with van der Waals surface area (Å²) in [4.78, 5) is 39.8. The van der Waals surface area contributed by atoms with Gasteiger partial charge >= 0.3 is 5.97 Å². The van der Waals surface area contributed by atoms with Gasteiger partial charge in [-0.1, -0.05) is 12.1 Å². The normalized spacial score (nSPS) is 14.4. The van der Waals surface area contributed by atoms with Crippen LogP contribution in [0.5, 0.6) is 0 Å². The molecule has 1 amide bonds. The van der Waals surface area contributed by atoms with Crippen molar-refractivity contribution in [3.8, 4) is 0 Å². The molecule has 27 heavy (non-hydrogen) atoms. The summed E-state index contributed by atoms with van der Waals surface area (Å²) < 4.78 is 17.9. The minimum absolute atomic E-state index is 0.0358. The Balaban J connectivity index is 1.87. The Morgan fingerprint density at radius 3 is 2.59 bits per heavy atom. The molecule has 0 radical (unpaired) electrons. The number of aromatic nitrogens is 1. The van der Waals surface area contributed by atoms with Crippen LogP contribution in [0, 0.1) is 12.7 Å². The highest BCUT2D eigenvalue weighted by Gasteiger charge is 2.28. The van der Waals surface area contributed by atoms with Crippen LogP contribution >= 0.6 is 0 Å². The van der Waals surface area contributed by atoms with Gasteiger partial charge in [0.05, 0.1) is 19.6 Å². The van der Waals surface area contributed by atoms with Crippen LogP contribution in [0.2, 0.25) is 0 Å². The van der Waals surface area contributed by atoms with E-state index in [9.17, 15) is 18.8 Å². The average molecular weight is 372 g/mol. The number of aryl methyl sites for hydroxylation is 1. The first-order valence-corrected chi connectivity index (χ1v) is 8.78. The lowest BCUT2D eigenvalue weighted by Crippen LogP contribution is -2.31. The molecular weight excluding hydrogens is 351 g/mol. The fourth-order valence-electron chi connectivity index (χ4n) is 3.43. The predicted molar refractivity (Wildman–Crippen MR) is 96.0 cm³/mol. The third-order valence-corrected chi connectivity index (χ3v) is 4.84. The van der Waals surface area contributed by atoms with Crippen molar-refractivity contribution in [1.29, 1.82) is 0 Å². The highest BCUT2D eigenvalue weighted by molar-refractivity contribution is 6.04. The Morgan fingerprint density at radius 1 is 1.26 bits per heavy atom. The molecule has 3 rings (SSSR count). The largest absolute Gasteiger partial charge is 0.469 e. The maximum atomic E-state index is 13.2. The lowest BCUT2D eigenvalue weighted by Gasteiger charge is -2.18. The van der Waals surface area contributed by atoms with Crippen molar-refractivity contribution >= 4 is 17.7 Å². The van der Waals surface area contributed by atoms with E-state index < -0.39 is 23.7 Å². The number of H-pyrrole nitrogens is 1. The first-order valence-electron chi connectivity index (χ1n) is 8.78. The van der Waals surface area contributed by atoms with E-state index in [1.54, 1.807) is 6.92 Å². The predicted octanol–water partition coefficient (Wildman–Crippen LogP) is 3.02. The molecule has 1 aliphatic rings. The van der Waals surface area contributed by atoms with Crippen LogP contribution in [0.15, 0.2) is 24.3 Å². The second kappa shape index (κ2) is 7.73. The summed E-state index contributed by atoms with van der Waals surface area (Å²) in [7, 11) is 1.26. The number of fused-ring (bicyclic) bond motifs is 1. The number of hydrogen-bond donors (Lipinski definition) is 2. The zero-order valence-corrected chi connectivity index (χ0v) is 15.2. The first-order chi connectivity index (χ1) is 12.9. The fourth-order valence-corrected chi connectivity index (χ4v) is 3.43. The number of methoxy groups -OCH3 is 1. The van der Waals surface area contributed by atoms with Gasteiger partial charge in [-0.25, -0.2) is 4.39 Å². The van der Waals surface area contributed by atoms with Crippen molar-refractivity contribution in [3.63, 3.8) is 0 Å². The number of hydrogen-bond acceptors (Lipinski definition) is 4. The van der Waals surface area contributed by atoms with Crippen LogP contribution in [-0.4, -0.2) is 29.8 Å². The molecule has 1 aromatic heterocycles. The van der Waals surface area contributed by atoms with E-state index in [2.05, 4.69) is 10.3 Å². The molecular formula is C20H21FN2O4. The zero-order chi connectivity index (χ0) is 19.6. The van der Waals surface area contributed by atoms with E-state index in [1.807, 2.05) is 0 Å². The number of rotatable bonds is 5. The highest BCUT2D eigenvalue weighted by atomic mass is 19.1. The van der Waals surface area contributed by atoms with Gasteiger partial charge in [0.2, 0.25) is 0 Å². The summed E-state index contributed by atoms with van der Waals surface area (Å²) in [5.74, 6) is -1.29. The fraction of sp³-hybridized carbons (Fsp3) is 0.350. The van der Waals surface area contributed by atoms with Crippen LogP contribution in [0.25, 0.3) is 0 Å². The van der Waals surface area contributed by atoms with E-state index in [0.29, 0.717) is 28.8 Å². The number of ether oxygens (including phenoxy) is 1. The Kier molecular flexibility index (Phi) is 5.39. The van der Waals surface area contributed by atoms with Gasteiger partial charge in [0.25, 0.3) is 5.91 Å². The van der Waals surface area contributed by atoms with Crippen molar-refractivity contribution in [3.05, 3.63) is 58.2 Å². The van der Waals surface area contributed by atoms with E-state index >= 15 is 0 Å². The summed E-state index contributed by atoms with van der Waals surface area (Å²) in [5, 5.41) is 2.79. The van der Waals surface area contributed by atoms with E-state index in [4.69, 9.17) is 4.74 Å². The third-order valence-electron chi connectivity index (χ3n) is 4.84. The molecule has 7 heteroatoms. The first kappa shape index (κ1) is 18.8. The molecule has 0 aliphatic heterocycles. The highest BCUT2D eigenvalue weighted by Crippen LogP contribution is 2.27. The van der Waals surface area contributed by atoms with Gasteiger partial charge in [-0.2, -0.15) is 0 Å². The van der Waals surface area contributed by atoms with Gasteiger partial charge < -0.3 is 15.0 Å². The Hall–Kier alpha value is -2.96. The molecule has 1 unspecified atom stereocenters. The van der Waals surface area contributed by atoms with E-state index in [-0.39, 0.29) is 12.2 Å². The minimum atomic E-state index is -0.680. The smallest absolute Gasteiger partial charge is 0.307 e. The van der Waals surface area contributed by atoms with Gasteiger partial charge in [0, 0.05) is 17.7 Å². The number of carbonyl (C=O) groups excluding carboxylic acids is 3. The summed E-state index contributed by atoms with van der Waals surface area (Å²) in [6.45, 7) is 1.74. The van der Waals surface area contributed by atoms with Crippen molar-refractivity contribution < 1.29 is 23.5 Å². The van der Waals surface area contributed by atoms with Crippen molar-refractivity contribution in [2.45, 2.75) is 38.6 Å². The summed E-state index contributed by atoms with van der Waals surface area (Å²) in [5.41, 5.74) is 2.88. The zero-order valence-electron chi connectivity index (χ0n) is 15.2. The van der Waals surface area contributed by atoms with E-state index in [1.165, 1.54) is 31.4 Å². The molecule has 6 nitrogen and oxygen atoms in total. The van der Waals surface area contributed by atoms with Crippen LogP contribution in [-0.2, 0) is 16.0 Å². The maximum Gasteiger partial charge on any atom is 0.307 e. The molecule has 2 aromatic rings. The van der Waals surface area contributed by atoms with Gasteiger partial charge in [0.1, 0.15) is 11.5 Å². The number of Topliss-reactive ketones (excluding diaryl/α,β-unsaturated/α-hetero) is 1. The lowest BCUT2D eigenvalue weighted by molar-refractivity contribution is -0.141. The summed E-state index contributed by atoms with van der Waals surface area (Å²) in [6, 6.07) is 4.88. The molecule has 0 saturated carbocycles. The van der Waals surface area contributed by atoms with Crippen molar-refractivity contribution in [2.24, 2.45) is 0 Å². The Labute approximate surface area is 156 Å². The van der Waals surface area contributed by atoms with Crippen molar-refractivity contribution in [1.82, 2.24) is 10.3 Å². The van der Waals surface area contributed by atoms with Gasteiger partial charge in [0.15, 0.2) is 5.78 Å². The summed E-state index contributed by atoms with van der Waals surface area (Å²) in [6.07, 6.45) is 1.87. The van der Waals surface area contributed by atoms with E-state index in [0.717, 1.165) is 18.5 Å². The van der Waals surface area contributed by atoms with Gasteiger partial charge in [-0.15, -0.1) is 0 Å². The molecule has 142 valence electrons. The molecule has 2 N–H and O–H groups in total. The molecule has 1 aliphatic carbocycles. The number of amides is 1. The molecule has 0 spiro atoms. The number of ketones is 1. The lowest BCUT2D eigenvalue weighted by atomic mass is 9.93. The third kappa shape index (κ3) is 3.92. The molecule has 1 aromatic carbocycles. The van der Waals surface area contributed by atoms with Crippen LogP contribution in [0.3, 0.4) is 0 Å². The Bertz CT molecular complexity index is 886. The van der Waals surface area contributed by atoms with Crippen LogP contribution in [0.4, 0.5) is 4.39 Å². The van der Waals surface area contributed by atoms with Crippen LogP contribution < -0.4 is 5.32 Å². The molecule has 0 bridgehead atoms. The second-order valence-corrected chi connectivity index (χ2v) is 6.61. The number of benzene rings is 1. The quantitative estimate of drug-likeness (QED) is 0.790. The molecule has 0 fully saturated rings. The average Bonchev–Trinajstić information content (AvgIpc) is 2.99. The topological polar surface area (TPSA) is 88.3 Å². The van der Waals surface area contributed by atoms with Crippen LogP contribution in [0.1, 0.15) is 63.0 Å². The second-order valence-electron chi connectivity index (χ2n) is 6.61. The SMILES string of the molecule is COC(=O)CC(NC(=O)c1[nH]c2c(c1C)C(=O)CCC2)c1ccc(F)cc1. The van der Waals surface area contributed by atoms with Gasteiger partial charge in [-0.05, 0) is 43.0 Å². The number of halogens is 1. The number of carbonyl (C=O) groups is 3. The standard InChI is InChI=1S/C20H21FN2O4/c1-11-18-14(4-3-5-16(18)24)22-19(11)20(26)23-15(10-17(25)27-2)12-6-8-13(21)9-7-12/h6-9,15,22H,3-5,10H2,1-2H3,(H,23,26). The monoisotopic (exact) mass is 372 g/mol. The summed E-state index contributed by atoms with van der Waals surface area (Å²) >= 11 is 0. The Morgan fingerprint density at radius 2 is 1.96 bits per heavy atom. The molecule has 1 atom stereocenters. The van der Waals surface area contributed by atoms with Gasteiger partial charge in [-0.3, -0.25) is 14.4 Å². The van der Waals surface area contributed by atoms with Crippen molar-refractivity contribution in [2.75, 3.05) is 7.11 Å². The molecule has 0 saturated heterocycles. The number of nitrogens with one attached hydrogen (secondary N) is 2.